The fourth-order valence-corrected chi connectivity index (χ4v) is 3.63. The van der Waals surface area contributed by atoms with Gasteiger partial charge in [0.15, 0.2) is 0 Å². The summed E-state index contributed by atoms with van der Waals surface area (Å²) in [5.41, 5.74) is 3.02. The van der Waals surface area contributed by atoms with Crippen LogP contribution in [0.3, 0.4) is 0 Å². The minimum Gasteiger partial charge on any atom is -0.351 e. The van der Waals surface area contributed by atoms with Gasteiger partial charge in [0.25, 0.3) is 5.56 Å². The van der Waals surface area contributed by atoms with Gasteiger partial charge < -0.3 is 10.3 Å². The molecule has 0 atom stereocenters. The summed E-state index contributed by atoms with van der Waals surface area (Å²) in [5, 5.41) is 10.2. The third-order valence-corrected chi connectivity index (χ3v) is 5.07. The van der Waals surface area contributed by atoms with E-state index in [-0.39, 0.29) is 11.5 Å². The highest BCUT2D eigenvalue weighted by molar-refractivity contribution is 7.09. The number of amides is 1. The molecule has 2 N–H and O–H groups in total. The highest BCUT2D eigenvalue weighted by Gasteiger charge is 2.15. The normalized spacial score (nSPS) is 11.1. The molecule has 0 fully saturated rings. The second-order valence-electron chi connectivity index (χ2n) is 5.85. The fraction of sp³-hybridized carbons (Fsp3) is 0.353. The van der Waals surface area contributed by atoms with E-state index in [2.05, 4.69) is 15.4 Å². The van der Waals surface area contributed by atoms with Gasteiger partial charge in [-0.3, -0.25) is 14.3 Å². The lowest BCUT2D eigenvalue weighted by molar-refractivity contribution is -0.121. The summed E-state index contributed by atoms with van der Waals surface area (Å²) in [6.07, 6.45) is 0.710. The second-order valence-corrected chi connectivity index (χ2v) is 6.88. The number of hydrogen-bond donors (Lipinski definition) is 2. The van der Waals surface area contributed by atoms with Gasteiger partial charge in [-0.1, -0.05) is 6.07 Å². The van der Waals surface area contributed by atoms with Gasteiger partial charge >= 0.3 is 0 Å². The molecule has 0 aromatic carbocycles. The van der Waals surface area contributed by atoms with Crippen LogP contribution in [0, 0.1) is 13.8 Å². The number of fused-ring (bicyclic) bond motifs is 1. The Balaban J connectivity index is 1.74. The van der Waals surface area contributed by atoms with Crippen LogP contribution in [-0.4, -0.2) is 20.7 Å². The van der Waals surface area contributed by atoms with Crippen molar-refractivity contribution in [3.8, 4) is 0 Å². The van der Waals surface area contributed by atoms with Gasteiger partial charge in [0.1, 0.15) is 5.65 Å². The number of aryl methyl sites for hydroxylation is 3. The summed E-state index contributed by atoms with van der Waals surface area (Å²) < 4.78 is 1.68. The molecule has 3 aromatic heterocycles. The number of aromatic amines is 1. The molecule has 0 aliphatic carbocycles. The molecule has 0 spiro atoms. The predicted molar refractivity (Wildman–Crippen MR) is 95.3 cm³/mol. The van der Waals surface area contributed by atoms with Crippen LogP contribution in [-0.2, 0) is 24.8 Å². The van der Waals surface area contributed by atoms with Crippen molar-refractivity contribution in [2.75, 3.05) is 0 Å². The largest absolute Gasteiger partial charge is 0.351 e. The number of nitrogens with zero attached hydrogens (tertiary/aromatic N) is 2. The molecule has 0 bridgehead atoms. The molecule has 6 nitrogen and oxygen atoms in total. The summed E-state index contributed by atoms with van der Waals surface area (Å²) in [4.78, 5) is 28.4. The van der Waals surface area contributed by atoms with E-state index >= 15 is 0 Å². The molecule has 0 saturated heterocycles. The summed E-state index contributed by atoms with van der Waals surface area (Å²) in [7, 11) is 1.81. The van der Waals surface area contributed by atoms with Crippen LogP contribution in [0.1, 0.15) is 28.1 Å². The zero-order chi connectivity index (χ0) is 17.3. The number of carbonyl (C=O) groups is 1. The molecular weight excluding hydrogens is 324 g/mol. The lowest BCUT2D eigenvalue weighted by Crippen LogP contribution is -2.24. The zero-order valence-corrected chi connectivity index (χ0v) is 14.8. The summed E-state index contributed by atoms with van der Waals surface area (Å²) in [6, 6.07) is 3.94. The molecule has 0 unspecified atom stereocenters. The molecule has 0 saturated carbocycles. The van der Waals surface area contributed by atoms with Gasteiger partial charge in [-0.05, 0) is 37.3 Å². The Kier molecular flexibility index (Phi) is 4.53. The van der Waals surface area contributed by atoms with Crippen molar-refractivity contribution in [1.82, 2.24) is 20.1 Å². The number of thiophene rings is 1. The van der Waals surface area contributed by atoms with Crippen LogP contribution < -0.4 is 10.9 Å². The molecule has 0 aliphatic heterocycles. The first-order chi connectivity index (χ1) is 11.5. The maximum Gasteiger partial charge on any atom is 0.253 e. The van der Waals surface area contributed by atoms with Crippen molar-refractivity contribution >= 4 is 28.3 Å². The van der Waals surface area contributed by atoms with E-state index in [9.17, 15) is 9.59 Å². The fourth-order valence-electron chi connectivity index (χ4n) is 2.98. The lowest BCUT2D eigenvalue weighted by atomic mass is 10.0. The number of aromatic nitrogens is 3. The predicted octanol–water partition coefficient (Wildman–Crippen LogP) is 2.19. The maximum absolute atomic E-state index is 12.3. The standard InChI is InChI=1S/C17H20N4O2S/c1-10-13(6-7-14(22)18-9-12-5-4-8-24-12)17(23)19-16-15(10)11(2)20-21(16)3/h4-5,8H,6-7,9H2,1-3H3,(H,18,22)(H,19,23). The third-order valence-electron chi connectivity index (χ3n) is 4.20. The van der Waals surface area contributed by atoms with Crippen molar-refractivity contribution in [2.45, 2.75) is 33.2 Å². The quantitative estimate of drug-likeness (QED) is 0.744. The minimum absolute atomic E-state index is 0.0507. The van der Waals surface area contributed by atoms with Crippen molar-refractivity contribution < 1.29 is 4.79 Å². The molecule has 1 amide bonds. The van der Waals surface area contributed by atoms with Crippen LogP contribution in [0.4, 0.5) is 0 Å². The van der Waals surface area contributed by atoms with E-state index in [1.807, 2.05) is 38.4 Å². The summed E-state index contributed by atoms with van der Waals surface area (Å²) in [5.74, 6) is -0.0507. The SMILES string of the molecule is Cc1nn(C)c2[nH]c(=O)c(CCC(=O)NCc3cccs3)c(C)c12. The molecule has 7 heteroatoms. The molecule has 0 radical (unpaired) electrons. The topological polar surface area (TPSA) is 79.8 Å². The van der Waals surface area contributed by atoms with Crippen molar-refractivity contribution in [3.05, 3.63) is 49.6 Å². The van der Waals surface area contributed by atoms with Crippen LogP contribution in [0.15, 0.2) is 22.3 Å². The van der Waals surface area contributed by atoms with E-state index in [1.165, 1.54) is 0 Å². The number of carbonyl (C=O) groups excluding carboxylic acids is 1. The first kappa shape index (κ1) is 16.4. The van der Waals surface area contributed by atoms with Crippen molar-refractivity contribution in [1.29, 1.82) is 0 Å². The number of nitrogens with one attached hydrogen (secondary N) is 2. The Morgan fingerprint density at radius 1 is 1.42 bits per heavy atom. The lowest BCUT2D eigenvalue weighted by Gasteiger charge is -2.08. The first-order valence-electron chi connectivity index (χ1n) is 7.81. The van der Waals surface area contributed by atoms with E-state index in [1.54, 1.807) is 16.0 Å². The number of pyridine rings is 1. The van der Waals surface area contributed by atoms with Gasteiger partial charge in [-0.15, -0.1) is 11.3 Å². The van der Waals surface area contributed by atoms with E-state index in [4.69, 9.17) is 0 Å². The molecule has 126 valence electrons. The van der Waals surface area contributed by atoms with Gasteiger partial charge in [0, 0.05) is 29.3 Å². The van der Waals surface area contributed by atoms with Crippen molar-refractivity contribution in [3.63, 3.8) is 0 Å². The Hall–Kier alpha value is -2.41. The Bertz CT molecular complexity index is 938. The Morgan fingerprint density at radius 2 is 2.21 bits per heavy atom. The van der Waals surface area contributed by atoms with Gasteiger partial charge in [0.05, 0.1) is 12.2 Å². The zero-order valence-electron chi connectivity index (χ0n) is 14.0. The maximum atomic E-state index is 12.3. The Labute approximate surface area is 143 Å². The highest BCUT2D eigenvalue weighted by Crippen LogP contribution is 2.21. The Morgan fingerprint density at radius 3 is 2.92 bits per heavy atom. The van der Waals surface area contributed by atoms with Gasteiger partial charge in [0.2, 0.25) is 5.91 Å². The summed E-state index contributed by atoms with van der Waals surface area (Å²) in [6.45, 7) is 4.38. The number of hydrogen-bond acceptors (Lipinski definition) is 4. The molecule has 24 heavy (non-hydrogen) atoms. The van der Waals surface area contributed by atoms with Crippen LogP contribution in [0.5, 0.6) is 0 Å². The van der Waals surface area contributed by atoms with Crippen LogP contribution >= 0.6 is 11.3 Å². The molecule has 3 aromatic rings. The third kappa shape index (κ3) is 3.12. The smallest absolute Gasteiger partial charge is 0.253 e. The van der Waals surface area contributed by atoms with Crippen LogP contribution in [0.25, 0.3) is 11.0 Å². The first-order valence-corrected chi connectivity index (χ1v) is 8.69. The second kappa shape index (κ2) is 6.60. The summed E-state index contributed by atoms with van der Waals surface area (Å²) >= 11 is 1.61. The molecule has 0 aliphatic rings. The minimum atomic E-state index is -0.144. The highest BCUT2D eigenvalue weighted by atomic mass is 32.1. The van der Waals surface area contributed by atoms with E-state index < -0.39 is 0 Å². The van der Waals surface area contributed by atoms with E-state index in [0.717, 1.165) is 27.2 Å². The van der Waals surface area contributed by atoms with E-state index in [0.29, 0.717) is 24.9 Å². The van der Waals surface area contributed by atoms with Gasteiger partial charge in [-0.2, -0.15) is 5.10 Å². The molecule has 3 rings (SSSR count). The average molecular weight is 344 g/mol. The number of H-pyrrole nitrogens is 1. The average Bonchev–Trinajstić information content (AvgIpc) is 3.13. The van der Waals surface area contributed by atoms with Crippen LogP contribution in [0.2, 0.25) is 0 Å². The monoisotopic (exact) mass is 344 g/mol. The van der Waals surface area contributed by atoms with Gasteiger partial charge in [-0.25, -0.2) is 0 Å². The molecule has 3 heterocycles. The van der Waals surface area contributed by atoms with Crippen molar-refractivity contribution in [2.24, 2.45) is 7.05 Å². The number of rotatable bonds is 5. The molecular formula is C17H20N4O2S.